The van der Waals surface area contributed by atoms with Crippen molar-refractivity contribution in [3.8, 4) is 0 Å². The first-order valence-corrected chi connectivity index (χ1v) is 7.46. The Morgan fingerprint density at radius 3 is 2.05 bits per heavy atom. The summed E-state index contributed by atoms with van der Waals surface area (Å²) in [6.45, 7) is 0. The van der Waals surface area contributed by atoms with Crippen molar-refractivity contribution in [1.82, 2.24) is 0 Å². The lowest BCUT2D eigenvalue weighted by Crippen LogP contribution is -2.50. The number of benzene rings is 1. The Balaban J connectivity index is 1.72. The van der Waals surface area contributed by atoms with Crippen molar-refractivity contribution in [3.63, 3.8) is 0 Å². The van der Waals surface area contributed by atoms with Crippen molar-refractivity contribution >= 4 is 5.78 Å². The third kappa shape index (κ3) is 1.69. The van der Waals surface area contributed by atoms with Crippen LogP contribution in [0.2, 0.25) is 0 Å². The lowest BCUT2D eigenvalue weighted by Gasteiger charge is -2.55. The Bertz CT molecular complexity index is 499. The zero-order valence-corrected chi connectivity index (χ0v) is 11.1. The van der Waals surface area contributed by atoms with Crippen LogP contribution in [0.25, 0.3) is 0 Å². The van der Waals surface area contributed by atoms with Crippen LogP contribution in [-0.2, 0) is 0 Å². The molecule has 0 saturated heterocycles. The molecule has 19 heavy (non-hydrogen) atoms. The van der Waals surface area contributed by atoms with Gasteiger partial charge >= 0.3 is 0 Å². The number of ketones is 1. The molecule has 0 heterocycles. The second-order valence-corrected chi connectivity index (χ2v) is 7.01. The van der Waals surface area contributed by atoms with Crippen LogP contribution in [0, 0.1) is 29.0 Å². The van der Waals surface area contributed by atoms with Gasteiger partial charge in [-0.1, -0.05) is 12.1 Å². The van der Waals surface area contributed by atoms with Crippen LogP contribution in [0.3, 0.4) is 0 Å². The normalized spacial score (nSPS) is 39.5. The van der Waals surface area contributed by atoms with E-state index >= 15 is 0 Å². The lowest BCUT2D eigenvalue weighted by atomic mass is 9.48. The molecule has 1 aromatic rings. The van der Waals surface area contributed by atoms with Gasteiger partial charge in [-0.05, 0) is 68.4 Å². The first-order valence-electron chi connectivity index (χ1n) is 7.46. The Morgan fingerprint density at radius 1 is 1.00 bits per heavy atom. The first-order chi connectivity index (χ1) is 9.16. The van der Waals surface area contributed by atoms with E-state index in [9.17, 15) is 9.18 Å². The second-order valence-electron chi connectivity index (χ2n) is 7.01. The third-order valence-corrected chi connectivity index (χ3v) is 5.64. The Kier molecular flexibility index (Phi) is 2.39. The first kappa shape index (κ1) is 11.6. The summed E-state index contributed by atoms with van der Waals surface area (Å²) in [4.78, 5) is 12.9. The predicted octanol–water partition coefficient (Wildman–Crippen LogP) is 4.22. The van der Waals surface area contributed by atoms with Gasteiger partial charge in [0.1, 0.15) is 5.82 Å². The molecule has 0 unspecified atom stereocenters. The van der Waals surface area contributed by atoms with Gasteiger partial charge in [-0.25, -0.2) is 4.39 Å². The molecular formula is C17H19FO. The van der Waals surface area contributed by atoms with Crippen molar-refractivity contribution in [2.45, 2.75) is 38.5 Å². The fourth-order valence-corrected chi connectivity index (χ4v) is 5.32. The number of hydrogen-bond donors (Lipinski definition) is 0. The van der Waals surface area contributed by atoms with Gasteiger partial charge in [-0.3, -0.25) is 4.79 Å². The SMILES string of the molecule is O=C(c1ccccc1F)C12CC3CC(CC(C3)C1)C2. The van der Waals surface area contributed by atoms with Crippen molar-refractivity contribution in [2.24, 2.45) is 23.2 Å². The molecule has 1 aromatic carbocycles. The predicted molar refractivity (Wildman–Crippen MR) is 71.3 cm³/mol. The molecule has 4 bridgehead atoms. The molecule has 4 aliphatic carbocycles. The molecule has 5 rings (SSSR count). The molecule has 4 saturated carbocycles. The maximum Gasteiger partial charge on any atom is 0.171 e. The number of Topliss-reactive ketones (excluding diaryl/α,β-unsaturated/α-hetero) is 1. The van der Waals surface area contributed by atoms with Crippen LogP contribution in [0.5, 0.6) is 0 Å². The van der Waals surface area contributed by atoms with Crippen molar-refractivity contribution in [2.75, 3.05) is 0 Å². The number of carbonyl (C=O) groups is 1. The Hall–Kier alpha value is -1.18. The number of halogens is 1. The standard InChI is InChI=1S/C17H19FO/c18-15-4-2-1-3-14(15)16(19)17-8-11-5-12(9-17)7-13(6-11)10-17/h1-4,11-13H,5-10H2. The lowest BCUT2D eigenvalue weighted by molar-refractivity contribution is -0.0354. The van der Waals surface area contributed by atoms with Crippen LogP contribution in [0.1, 0.15) is 48.9 Å². The molecule has 0 amide bonds. The fraction of sp³-hybridized carbons (Fsp3) is 0.588. The summed E-state index contributed by atoms with van der Waals surface area (Å²) in [6.07, 6.45) is 6.95. The van der Waals surface area contributed by atoms with E-state index in [0.717, 1.165) is 37.0 Å². The highest BCUT2D eigenvalue weighted by Crippen LogP contribution is 2.61. The number of hydrogen-bond acceptors (Lipinski definition) is 1. The molecule has 4 aliphatic rings. The van der Waals surface area contributed by atoms with Crippen LogP contribution >= 0.6 is 0 Å². The molecule has 0 spiro atoms. The molecule has 0 aliphatic heterocycles. The van der Waals surface area contributed by atoms with E-state index < -0.39 is 0 Å². The molecule has 0 N–H and O–H groups in total. The topological polar surface area (TPSA) is 17.1 Å². The minimum Gasteiger partial charge on any atom is -0.293 e. The average Bonchev–Trinajstić information content (AvgIpc) is 2.37. The minimum absolute atomic E-state index is 0.0877. The zero-order valence-electron chi connectivity index (χ0n) is 11.1. The fourth-order valence-electron chi connectivity index (χ4n) is 5.32. The monoisotopic (exact) mass is 258 g/mol. The highest BCUT2D eigenvalue weighted by molar-refractivity contribution is 6.01. The maximum atomic E-state index is 13.9. The van der Waals surface area contributed by atoms with E-state index in [1.54, 1.807) is 18.2 Å². The summed E-state index contributed by atoms with van der Waals surface area (Å²) in [5, 5.41) is 0. The van der Waals surface area contributed by atoms with Crippen LogP contribution in [0.4, 0.5) is 4.39 Å². The quantitative estimate of drug-likeness (QED) is 0.726. The summed E-state index contributed by atoms with van der Waals surface area (Å²) in [7, 11) is 0. The van der Waals surface area contributed by atoms with Crippen LogP contribution in [-0.4, -0.2) is 5.78 Å². The van der Waals surface area contributed by atoms with Crippen molar-refractivity contribution in [1.29, 1.82) is 0 Å². The molecule has 4 fully saturated rings. The van der Waals surface area contributed by atoms with Gasteiger partial charge in [0.05, 0.1) is 5.56 Å². The Labute approximate surface area is 113 Å². The van der Waals surface area contributed by atoms with Gasteiger partial charge in [0, 0.05) is 5.41 Å². The zero-order chi connectivity index (χ0) is 13.0. The smallest absolute Gasteiger partial charge is 0.171 e. The third-order valence-electron chi connectivity index (χ3n) is 5.64. The van der Waals surface area contributed by atoms with Crippen LogP contribution in [0.15, 0.2) is 24.3 Å². The van der Waals surface area contributed by atoms with E-state index in [2.05, 4.69) is 0 Å². The highest BCUT2D eigenvalue weighted by Gasteiger charge is 2.54. The van der Waals surface area contributed by atoms with Gasteiger partial charge in [-0.2, -0.15) is 0 Å². The summed E-state index contributed by atoms with van der Waals surface area (Å²) in [6, 6.07) is 6.51. The summed E-state index contributed by atoms with van der Waals surface area (Å²) in [5.41, 5.74) is 0.0983. The molecule has 0 radical (unpaired) electrons. The van der Waals surface area contributed by atoms with Gasteiger partial charge in [0.25, 0.3) is 0 Å². The minimum atomic E-state index is -0.344. The van der Waals surface area contributed by atoms with E-state index in [1.807, 2.05) is 0 Å². The number of carbonyl (C=O) groups excluding carboxylic acids is 1. The van der Waals surface area contributed by atoms with E-state index in [4.69, 9.17) is 0 Å². The van der Waals surface area contributed by atoms with Gasteiger partial charge < -0.3 is 0 Å². The van der Waals surface area contributed by atoms with Gasteiger partial charge in [-0.15, -0.1) is 0 Å². The largest absolute Gasteiger partial charge is 0.293 e. The maximum absolute atomic E-state index is 13.9. The molecule has 100 valence electrons. The average molecular weight is 258 g/mol. The van der Waals surface area contributed by atoms with Gasteiger partial charge in [0.2, 0.25) is 0 Å². The molecular weight excluding hydrogens is 239 g/mol. The van der Waals surface area contributed by atoms with Crippen LogP contribution < -0.4 is 0 Å². The summed E-state index contributed by atoms with van der Waals surface area (Å²) in [5.74, 6) is 1.92. The molecule has 0 atom stereocenters. The number of rotatable bonds is 2. The molecule has 1 nitrogen and oxygen atoms in total. The van der Waals surface area contributed by atoms with E-state index in [-0.39, 0.29) is 17.0 Å². The van der Waals surface area contributed by atoms with Crippen molar-refractivity contribution < 1.29 is 9.18 Å². The summed E-state index contributed by atoms with van der Waals surface area (Å²) < 4.78 is 13.9. The summed E-state index contributed by atoms with van der Waals surface area (Å²) >= 11 is 0. The van der Waals surface area contributed by atoms with Crippen molar-refractivity contribution in [3.05, 3.63) is 35.6 Å². The van der Waals surface area contributed by atoms with E-state index in [0.29, 0.717) is 5.56 Å². The Morgan fingerprint density at radius 2 is 1.53 bits per heavy atom. The van der Waals surface area contributed by atoms with E-state index in [1.165, 1.54) is 25.3 Å². The van der Waals surface area contributed by atoms with Gasteiger partial charge in [0.15, 0.2) is 5.78 Å². The molecule has 2 heteroatoms. The molecule has 0 aromatic heterocycles. The highest BCUT2D eigenvalue weighted by atomic mass is 19.1. The second kappa shape index (κ2) is 3.91.